The zero-order chi connectivity index (χ0) is 14.5. The molecule has 5 nitrogen and oxygen atoms in total. The number of ether oxygens (including phenoxy) is 2. The van der Waals surface area contributed by atoms with Crippen molar-refractivity contribution in [3.63, 3.8) is 0 Å². The average Bonchev–Trinajstić information content (AvgIpc) is 2.47. The van der Waals surface area contributed by atoms with Gasteiger partial charge in [-0.2, -0.15) is 0 Å². The predicted molar refractivity (Wildman–Crippen MR) is 77.9 cm³/mol. The molecule has 0 saturated carbocycles. The van der Waals surface area contributed by atoms with Gasteiger partial charge in [0.25, 0.3) is 0 Å². The highest BCUT2D eigenvalue weighted by Gasteiger charge is 2.12. The number of rotatable bonds is 5. The van der Waals surface area contributed by atoms with Crippen molar-refractivity contribution >= 4 is 15.9 Å². The van der Waals surface area contributed by atoms with Gasteiger partial charge >= 0.3 is 0 Å². The third-order valence-electron chi connectivity index (χ3n) is 2.87. The highest BCUT2D eigenvalue weighted by molar-refractivity contribution is 9.10. The van der Waals surface area contributed by atoms with Gasteiger partial charge < -0.3 is 14.6 Å². The summed E-state index contributed by atoms with van der Waals surface area (Å²) in [6.07, 6.45) is 1.15. The monoisotopic (exact) mass is 338 g/mol. The zero-order valence-corrected chi connectivity index (χ0v) is 12.8. The van der Waals surface area contributed by atoms with Crippen LogP contribution < -0.4 is 9.47 Å². The van der Waals surface area contributed by atoms with Gasteiger partial charge in [0.1, 0.15) is 12.1 Å². The molecular formula is C14H15BrN2O3. The molecular weight excluding hydrogens is 324 g/mol. The molecule has 0 aliphatic heterocycles. The van der Waals surface area contributed by atoms with E-state index in [0.717, 1.165) is 21.5 Å². The number of aromatic nitrogens is 2. The number of hydrogen-bond acceptors (Lipinski definition) is 5. The van der Waals surface area contributed by atoms with Crippen molar-refractivity contribution in [2.75, 3.05) is 14.2 Å². The lowest BCUT2D eigenvalue weighted by atomic mass is 10.0. The van der Waals surface area contributed by atoms with Gasteiger partial charge in [0.05, 0.1) is 30.5 Å². The molecule has 1 aromatic heterocycles. The Bertz CT molecular complexity index is 592. The van der Waals surface area contributed by atoms with Crippen LogP contribution in [-0.2, 0) is 6.42 Å². The molecule has 1 aromatic carbocycles. The summed E-state index contributed by atoms with van der Waals surface area (Å²) in [5, 5.41) is 10.3. The second-order valence-electron chi connectivity index (χ2n) is 4.17. The summed E-state index contributed by atoms with van der Waals surface area (Å²) < 4.78 is 11.0. The van der Waals surface area contributed by atoms with Crippen LogP contribution in [0.5, 0.6) is 11.6 Å². The molecule has 1 unspecified atom stereocenters. The van der Waals surface area contributed by atoms with E-state index in [1.54, 1.807) is 20.3 Å². The minimum Gasteiger partial charge on any atom is -0.496 e. The molecule has 1 N–H and O–H groups in total. The van der Waals surface area contributed by atoms with Crippen molar-refractivity contribution in [2.45, 2.75) is 12.5 Å². The Balaban J connectivity index is 2.14. The summed E-state index contributed by atoms with van der Waals surface area (Å²) in [6.45, 7) is 0. The maximum atomic E-state index is 10.3. The van der Waals surface area contributed by atoms with E-state index in [0.29, 0.717) is 12.3 Å². The topological polar surface area (TPSA) is 64.5 Å². The Morgan fingerprint density at radius 3 is 2.65 bits per heavy atom. The van der Waals surface area contributed by atoms with Crippen molar-refractivity contribution in [3.8, 4) is 11.6 Å². The largest absolute Gasteiger partial charge is 0.496 e. The Morgan fingerprint density at radius 2 is 2.00 bits per heavy atom. The van der Waals surface area contributed by atoms with Crippen LogP contribution in [0.25, 0.3) is 0 Å². The van der Waals surface area contributed by atoms with Crippen LogP contribution in [0.1, 0.15) is 17.4 Å². The minimum absolute atomic E-state index is 0.387. The van der Waals surface area contributed by atoms with Gasteiger partial charge in [0.2, 0.25) is 5.88 Å². The predicted octanol–water partition coefficient (Wildman–Crippen LogP) is 2.53. The third-order valence-corrected chi connectivity index (χ3v) is 3.49. The van der Waals surface area contributed by atoms with Gasteiger partial charge in [-0.15, -0.1) is 0 Å². The van der Waals surface area contributed by atoms with E-state index >= 15 is 0 Å². The molecule has 1 atom stereocenters. The molecule has 0 bridgehead atoms. The Hall–Kier alpha value is -1.66. The lowest BCUT2D eigenvalue weighted by molar-refractivity contribution is 0.177. The van der Waals surface area contributed by atoms with Crippen molar-refractivity contribution in [1.29, 1.82) is 0 Å². The van der Waals surface area contributed by atoms with Gasteiger partial charge in [0, 0.05) is 12.5 Å². The van der Waals surface area contributed by atoms with E-state index in [2.05, 4.69) is 25.9 Å². The maximum Gasteiger partial charge on any atom is 0.216 e. The molecule has 6 heteroatoms. The lowest BCUT2D eigenvalue weighted by Gasteiger charge is -2.12. The third kappa shape index (κ3) is 3.46. The molecule has 0 aliphatic rings. The summed E-state index contributed by atoms with van der Waals surface area (Å²) in [4.78, 5) is 8.06. The van der Waals surface area contributed by atoms with Crippen LogP contribution in [0.3, 0.4) is 0 Å². The van der Waals surface area contributed by atoms with Crippen LogP contribution in [0.2, 0.25) is 0 Å². The SMILES string of the molecule is COc1cc(CC(O)c2ccc(OC)c(Br)c2)ncn1. The molecule has 20 heavy (non-hydrogen) atoms. The molecule has 0 amide bonds. The Morgan fingerprint density at radius 1 is 1.20 bits per heavy atom. The van der Waals surface area contributed by atoms with Crippen LogP contribution in [-0.4, -0.2) is 29.3 Å². The fraction of sp³-hybridized carbons (Fsp3) is 0.286. The number of benzene rings is 1. The molecule has 0 radical (unpaired) electrons. The summed E-state index contributed by atoms with van der Waals surface area (Å²) in [5.74, 6) is 1.21. The second kappa shape index (κ2) is 6.67. The van der Waals surface area contributed by atoms with Crippen LogP contribution in [0.15, 0.2) is 35.1 Å². The minimum atomic E-state index is -0.656. The summed E-state index contributed by atoms with van der Waals surface area (Å²) in [7, 11) is 3.15. The standard InChI is InChI=1S/C14H15BrN2O3/c1-19-13-4-3-9(5-11(13)15)12(18)6-10-7-14(20-2)17-8-16-10/h3-5,7-8,12,18H,6H2,1-2H3. The van der Waals surface area contributed by atoms with Crippen LogP contribution >= 0.6 is 15.9 Å². The van der Waals surface area contributed by atoms with Crippen molar-refractivity contribution in [1.82, 2.24) is 9.97 Å². The molecule has 0 fully saturated rings. The molecule has 0 spiro atoms. The number of halogens is 1. The molecule has 0 aliphatic carbocycles. The lowest BCUT2D eigenvalue weighted by Crippen LogP contribution is -2.04. The highest BCUT2D eigenvalue weighted by Crippen LogP contribution is 2.29. The molecule has 1 heterocycles. The van der Waals surface area contributed by atoms with Gasteiger partial charge in [-0.25, -0.2) is 9.97 Å². The first-order valence-electron chi connectivity index (χ1n) is 6.00. The van der Waals surface area contributed by atoms with Gasteiger partial charge in [-0.05, 0) is 33.6 Å². The van der Waals surface area contributed by atoms with E-state index in [1.807, 2.05) is 18.2 Å². The summed E-state index contributed by atoms with van der Waals surface area (Å²) in [6, 6.07) is 7.18. The molecule has 2 aromatic rings. The summed E-state index contributed by atoms with van der Waals surface area (Å²) >= 11 is 3.40. The average molecular weight is 339 g/mol. The zero-order valence-electron chi connectivity index (χ0n) is 11.2. The number of hydrogen-bond donors (Lipinski definition) is 1. The van der Waals surface area contributed by atoms with Crippen molar-refractivity contribution in [2.24, 2.45) is 0 Å². The van der Waals surface area contributed by atoms with Crippen LogP contribution in [0.4, 0.5) is 0 Å². The quantitative estimate of drug-likeness (QED) is 0.907. The first-order valence-corrected chi connectivity index (χ1v) is 6.79. The van der Waals surface area contributed by atoms with Gasteiger partial charge in [0.15, 0.2) is 0 Å². The van der Waals surface area contributed by atoms with Crippen molar-refractivity contribution < 1.29 is 14.6 Å². The number of aliphatic hydroxyl groups excluding tert-OH is 1. The fourth-order valence-corrected chi connectivity index (χ4v) is 2.36. The van der Waals surface area contributed by atoms with E-state index < -0.39 is 6.10 Å². The van der Waals surface area contributed by atoms with Gasteiger partial charge in [-0.1, -0.05) is 6.07 Å². The molecule has 0 saturated heterocycles. The molecule has 106 valence electrons. The highest BCUT2D eigenvalue weighted by atomic mass is 79.9. The van der Waals surface area contributed by atoms with Crippen LogP contribution in [0, 0.1) is 0 Å². The van der Waals surface area contributed by atoms with E-state index in [1.165, 1.54) is 6.33 Å². The van der Waals surface area contributed by atoms with Crippen molar-refractivity contribution in [3.05, 3.63) is 46.3 Å². The van der Waals surface area contributed by atoms with E-state index in [9.17, 15) is 5.11 Å². The Labute approximate surface area is 125 Å². The maximum absolute atomic E-state index is 10.3. The number of nitrogens with zero attached hydrogens (tertiary/aromatic N) is 2. The smallest absolute Gasteiger partial charge is 0.216 e. The van der Waals surface area contributed by atoms with E-state index in [-0.39, 0.29) is 0 Å². The number of aliphatic hydroxyl groups is 1. The fourth-order valence-electron chi connectivity index (χ4n) is 1.81. The first-order chi connectivity index (χ1) is 9.63. The normalized spacial score (nSPS) is 12.0. The second-order valence-corrected chi connectivity index (χ2v) is 5.02. The molecule has 2 rings (SSSR count). The Kier molecular flexibility index (Phi) is 4.92. The van der Waals surface area contributed by atoms with E-state index in [4.69, 9.17) is 9.47 Å². The summed E-state index contributed by atoms with van der Waals surface area (Å²) in [5.41, 5.74) is 1.51. The number of methoxy groups -OCH3 is 2. The first kappa shape index (κ1) is 14.7. The van der Waals surface area contributed by atoms with Gasteiger partial charge in [-0.3, -0.25) is 0 Å².